The Balaban J connectivity index is 1.78. The zero-order chi connectivity index (χ0) is 13.4. The van der Waals surface area contributed by atoms with Gasteiger partial charge in [-0.15, -0.1) is 0 Å². The minimum atomic E-state index is -0.541. The maximum absolute atomic E-state index is 13.1. The number of halogens is 2. The lowest BCUT2D eigenvalue weighted by Crippen LogP contribution is -2.02. The smallest absolute Gasteiger partial charge is 0.124 e. The van der Waals surface area contributed by atoms with Crippen LogP contribution in [0.1, 0.15) is 29.6 Å². The highest BCUT2D eigenvalue weighted by Crippen LogP contribution is 2.54. The van der Waals surface area contributed by atoms with Gasteiger partial charge in [-0.1, -0.05) is 52.3 Å². The fourth-order valence-electron chi connectivity index (χ4n) is 2.62. The lowest BCUT2D eigenvalue weighted by Gasteiger charge is -2.13. The summed E-state index contributed by atoms with van der Waals surface area (Å²) < 4.78 is 13.7. The maximum Gasteiger partial charge on any atom is 0.124 e. The van der Waals surface area contributed by atoms with Crippen LogP contribution < -0.4 is 0 Å². The molecule has 1 fully saturated rings. The molecule has 0 spiro atoms. The average Bonchev–Trinajstić information content (AvgIpc) is 3.19. The molecule has 2 aromatic rings. The third-order valence-corrected chi connectivity index (χ3v) is 4.44. The van der Waals surface area contributed by atoms with E-state index in [1.807, 2.05) is 18.2 Å². The van der Waals surface area contributed by atoms with E-state index in [1.54, 1.807) is 6.07 Å². The third kappa shape index (κ3) is 2.58. The molecule has 1 N–H and O–H groups in total. The zero-order valence-electron chi connectivity index (χ0n) is 10.3. The molecule has 19 heavy (non-hydrogen) atoms. The van der Waals surface area contributed by atoms with Crippen molar-refractivity contribution in [1.82, 2.24) is 0 Å². The first-order valence-electron chi connectivity index (χ1n) is 6.35. The van der Waals surface area contributed by atoms with Crippen molar-refractivity contribution in [1.29, 1.82) is 0 Å². The van der Waals surface area contributed by atoms with Crippen LogP contribution >= 0.6 is 15.9 Å². The molecular weight excluding hydrogens is 307 g/mol. The van der Waals surface area contributed by atoms with Crippen molar-refractivity contribution >= 4 is 15.9 Å². The van der Waals surface area contributed by atoms with E-state index in [1.165, 1.54) is 17.7 Å². The van der Waals surface area contributed by atoms with E-state index >= 15 is 0 Å². The van der Waals surface area contributed by atoms with Gasteiger partial charge in [0.05, 0.1) is 6.10 Å². The van der Waals surface area contributed by atoms with Crippen molar-refractivity contribution in [3.63, 3.8) is 0 Å². The molecule has 1 nitrogen and oxygen atoms in total. The molecule has 0 bridgehead atoms. The molecule has 3 unspecified atom stereocenters. The summed E-state index contributed by atoms with van der Waals surface area (Å²) in [5.74, 6) is 0.343. The molecule has 3 rings (SSSR count). The summed E-state index contributed by atoms with van der Waals surface area (Å²) in [6.07, 6.45) is 0.440. The van der Waals surface area contributed by atoms with Crippen molar-refractivity contribution in [2.75, 3.05) is 0 Å². The van der Waals surface area contributed by atoms with Gasteiger partial charge in [-0.2, -0.15) is 0 Å². The first-order valence-corrected chi connectivity index (χ1v) is 7.14. The van der Waals surface area contributed by atoms with Crippen LogP contribution in [0.2, 0.25) is 0 Å². The van der Waals surface area contributed by atoms with Gasteiger partial charge in [0.15, 0.2) is 0 Å². The monoisotopic (exact) mass is 320 g/mol. The van der Waals surface area contributed by atoms with Crippen molar-refractivity contribution in [3.8, 4) is 0 Å². The van der Waals surface area contributed by atoms with Gasteiger partial charge in [0.2, 0.25) is 0 Å². The summed E-state index contributed by atoms with van der Waals surface area (Å²) in [6, 6.07) is 14.7. The predicted molar refractivity (Wildman–Crippen MR) is 76.3 cm³/mol. The Hall–Kier alpha value is -1.19. The first-order chi connectivity index (χ1) is 9.16. The highest BCUT2D eigenvalue weighted by Gasteiger charge is 2.44. The molecule has 2 aromatic carbocycles. The number of hydrogen-bond acceptors (Lipinski definition) is 1. The Morgan fingerprint density at radius 1 is 1.16 bits per heavy atom. The van der Waals surface area contributed by atoms with Crippen LogP contribution in [0.3, 0.4) is 0 Å². The van der Waals surface area contributed by atoms with Gasteiger partial charge < -0.3 is 5.11 Å². The SMILES string of the molecule is OC(c1ccc(F)cc1Br)C1CC1c1ccccc1. The van der Waals surface area contributed by atoms with Crippen LogP contribution in [-0.2, 0) is 0 Å². The van der Waals surface area contributed by atoms with E-state index in [-0.39, 0.29) is 11.7 Å². The molecule has 3 atom stereocenters. The molecule has 1 aliphatic carbocycles. The summed E-state index contributed by atoms with van der Waals surface area (Å²) in [6.45, 7) is 0. The predicted octanol–water partition coefficient (Wildman–Crippen LogP) is 4.43. The fourth-order valence-corrected chi connectivity index (χ4v) is 3.20. The Bertz CT molecular complexity index is 585. The Morgan fingerprint density at radius 2 is 1.89 bits per heavy atom. The summed E-state index contributed by atoms with van der Waals surface area (Å²) in [7, 11) is 0. The number of aliphatic hydroxyl groups is 1. The molecule has 98 valence electrons. The summed E-state index contributed by atoms with van der Waals surface area (Å²) in [5.41, 5.74) is 2.04. The topological polar surface area (TPSA) is 20.2 Å². The quantitative estimate of drug-likeness (QED) is 0.887. The Labute approximate surface area is 120 Å². The van der Waals surface area contributed by atoms with Crippen molar-refractivity contribution in [2.24, 2.45) is 5.92 Å². The van der Waals surface area contributed by atoms with Gasteiger partial charge in [-0.3, -0.25) is 0 Å². The summed E-state index contributed by atoms with van der Waals surface area (Å²) >= 11 is 3.32. The second kappa shape index (κ2) is 5.06. The van der Waals surface area contributed by atoms with E-state index in [0.29, 0.717) is 10.4 Å². The molecule has 0 heterocycles. The van der Waals surface area contributed by atoms with Crippen LogP contribution in [0, 0.1) is 11.7 Å². The minimum Gasteiger partial charge on any atom is -0.388 e. The fraction of sp³-hybridized carbons (Fsp3) is 0.250. The molecule has 1 aliphatic rings. The highest BCUT2D eigenvalue weighted by atomic mass is 79.9. The van der Waals surface area contributed by atoms with Crippen LogP contribution in [-0.4, -0.2) is 5.11 Å². The second-order valence-electron chi connectivity index (χ2n) is 5.03. The number of benzene rings is 2. The van der Waals surface area contributed by atoms with Gasteiger partial charge in [0.1, 0.15) is 5.82 Å². The standard InChI is InChI=1S/C16H14BrFO/c17-15-8-11(18)6-7-12(15)16(19)14-9-13(14)10-4-2-1-3-5-10/h1-8,13-14,16,19H,9H2. The Kier molecular flexibility index (Phi) is 3.42. The highest BCUT2D eigenvalue weighted by molar-refractivity contribution is 9.10. The number of rotatable bonds is 3. The minimum absolute atomic E-state index is 0.226. The largest absolute Gasteiger partial charge is 0.388 e. The van der Waals surface area contributed by atoms with Crippen LogP contribution in [0.25, 0.3) is 0 Å². The molecule has 1 saturated carbocycles. The average molecular weight is 321 g/mol. The van der Waals surface area contributed by atoms with Crippen molar-refractivity contribution in [2.45, 2.75) is 18.4 Å². The van der Waals surface area contributed by atoms with E-state index in [9.17, 15) is 9.50 Å². The Morgan fingerprint density at radius 3 is 2.58 bits per heavy atom. The molecule has 0 radical (unpaired) electrons. The number of aliphatic hydroxyl groups excluding tert-OH is 1. The van der Waals surface area contributed by atoms with E-state index in [0.717, 1.165) is 12.0 Å². The van der Waals surface area contributed by atoms with E-state index in [4.69, 9.17) is 0 Å². The molecule has 0 aromatic heterocycles. The van der Waals surface area contributed by atoms with Gasteiger partial charge >= 0.3 is 0 Å². The van der Waals surface area contributed by atoms with Crippen molar-refractivity contribution < 1.29 is 9.50 Å². The van der Waals surface area contributed by atoms with Crippen LogP contribution in [0.4, 0.5) is 4.39 Å². The first kappa shape index (κ1) is 12.8. The lowest BCUT2D eigenvalue weighted by atomic mass is 10.0. The number of hydrogen-bond donors (Lipinski definition) is 1. The second-order valence-corrected chi connectivity index (χ2v) is 5.88. The molecule has 0 saturated heterocycles. The maximum atomic E-state index is 13.1. The van der Waals surface area contributed by atoms with Crippen LogP contribution in [0.5, 0.6) is 0 Å². The van der Waals surface area contributed by atoms with Crippen LogP contribution in [0.15, 0.2) is 53.0 Å². The molecule has 0 aliphatic heterocycles. The van der Waals surface area contributed by atoms with Gasteiger partial charge in [-0.25, -0.2) is 4.39 Å². The van der Waals surface area contributed by atoms with Gasteiger partial charge in [0, 0.05) is 4.47 Å². The zero-order valence-corrected chi connectivity index (χ0v) is 11.8. The third-order valence-electron chi connectivity index (χ3n) is 3.75. The molecular formula is C16H14BrFO. The molecule has 0 amide bonds. The normalized spacial score (nSPS) is 23.1. The lowest BCUT2D eigenvalue weighted by molar-refractivity contribution is 0.150. The molecule has 3 heteroatoms. The summed E-state index contributed by atoms with van der Waals surface area (Å²) in [4.78, 5) is 0. The summed E-state index contributed by atoms with van der Waals surface area (Å²) in [5, 5.41) is 10.4. The van der Waals surface area contributed by atoms with E-state index < -0.39 is 6.10 Å². The van der Waals surface area contributed by atoms with Gasteiger partial charge in [0.25, 0.3) is 0 Å². The van der Waals surface area contributed by atoms with Crippen molar-refractivity contribution in [3.05, 3.63) is 69.9 Å². The van der Waals surface area contributed by atoms with Gasteiger partial charge in [-0.05, 0) is 41.5 Å². The van der Waals surface area contributed by atoms with E-state index in [2.05, 4.69) is 28.1 Å².